The SMILES string of the molecule is C.CN(C)Cc1ncc(-c2ccc(Oc3cc(Cl)ccc3C=O)cc2)n1C.COC[C@@H]1CC(=O)[C@H](C)N(Cc2ccc(Cl)cc2Oc2ccc(-c3cnc(CN(C)C)n3C)cc2)CC[C@@H](Cc2ccccc2)C(=O)N2CCC[C@@](Cc3ccc(Cl)cc3)(C2)NC1=O.COC[C@H](CC(=O)[C@H](C)NC(=O)OC(C)(C)C)C(=O)N[C@@]1(Cc2ccc(Cl)cc2)CCCN(C(=O)[C@@H](CC=O)Cc2ccccc2)C1. The number of amides is 5. The average Bonchev–Trinajstić information content (AvgIpc) is 1.06. The Morgan fingerprint density at radius 3 is 1.72 bits per heavy atom. The number of likely N-dealkylation sites (tertiary alicyclic amines) is 1. The Balaban J connectivity index is 0.000000232. The molecule has 5 heterocycles. The zero-order valence-electron chi connectivity index (χ0n) is 80.6. The molecule has 3 aliphatic heterocycles. The third-order valence-electron chi connectivity index (χ3n) is 24.9. The molecular formula is C108H132Cl4N12O14. The van der Waals surface area contributed by atoms with Crippen molar-refractivity contribution in [1.82, 2.24) is 59.6 Å². The summed E-state index contributed by atoms with van der Waals surface area (Å²) in [4.78, 5) is 139. The van der Waals surface area contributed by atoms with Gasteiger partial charge in [-0.15, -0.1) is 0 Å². The van der Waals surface area contributed by atoms with E-state index in [1.807, 2.05) is 212 Å². The summed E-state index contributed by atoms with van der Waals surface area (Å²) in [6.07, 6.45) is 9.52. The van der Waals surface area contributed by atoms with Crippen molar-refractivity contribution in [2.24, 2.45) is 37.8 Å². The molecule has 736 valence electrons. The first kappa shape index (κ1) is 109. The summed E-state index contributed by atoms with van der Waals surface area (Å²) < 4.78 is 32.7. The molecule has 5 amide bonds. The predicted octanol–water partition coefficient (Wildman–Crippen LogP) is 18.6. The number of Topliss-reactive ketones (excluding diaryl/α,β-unsaturated/α-hetero) is 2. The van der Waals surface area contributed by atoms with Gasteiger partial charge in [0.2, 0.25) is 23.6 Å². The van der Waals surface area contributed by atoms with Crippen LogP contribution in [0.25, 0.3) is 22.5 Å². The van der Waals surface area contributed by atoms with Gasteiger partial charge >= 0.3 is 6.09 Å². The molecule has 3 aliphatic rings. The number of halogens is 4. The third kappa shape index (κ3) is 31.5. The Kier molecular flexibility index (Phi) is 40.5. The summed E-state index contributed by atoms with van der Waals surface area (Å²) >= 11 is 25.0. The molecular weight excluding hydrogens is 1830 g/mol. The first-order chi connectivity index (χ1) is 65.5. The van der Waals surface area contributed by atoms with Crippen LogP contribution in [-0.4, -0.2) is 215 Å². The fraction of sp³-hybridized carbons (Fsp3) is 0.417. The van der Waals surface area contributed by atoms with Gasteiger partial charge in [0.1, 0.15) is 46.5 Å². The molecule has 8 aromatic carbocycles. The molecule has 8 atom stereocenters. The van der Waals surface area contributed by atoms with Gasteiger partial charge in [0.15, 0.2) is 17.9 Å². The molecule has 0 aliphatic carbocycles. The second kappa shape index (κ2) is 51.5. The number of hydrogen-bond donors (Lipinski definition) is 3. The van der Waals surface area contributed by atoms with E-state index in [1.54, 1.807) is 76.1 Å². The molecule has 3 fully saturated rings. The molecule has 13 rings (SSSR count). The number of alkyl carbamates (subject to hydrolysis) is 1. The summed E-state index contributed by atoms with van der Waals surface area (Å²) in [5, 5.41) is 11.4. The molecule has 3 N–H and O–H groups in total. The normalized spacial score (nSPS) is 18.3. The van der Waals surface area contributed by atoms with Gasteiger partial charge in [-0.2, -0.15) is 0 Å². The van der Waals surface area contributed by atoms with Crippen LogP contribution in [0.3, 0.4) is 0 Å². The summed E-state index contributed by atoms with van der Waals surface area (Å²) in [6.45, 7) is 12.6. The van der Waals surface area contributed by atoms with Gasteiger partial charge in [0, 0.05) is 135 Å². The molecule has 10 aromatic rings. The van der Waals surface area contributed by atoms with Crippen LogP contribution in [0.5, 0.6) is 23.0 Å². The van der Waals surface area contributed by atoms with Gasteiger partial charge in [-0.25, -0.2) is 14.8 Å². The number of methoxy groups -OCH3 is 2. The highest BCUT2D eigenvalue weighted by Gasteiger charge is 2.45. The number of piperidine rings is 2. The molecule has 30 heteroatoms. The summed E-state index contributed by atoms with van der Waals surface area (Å²) in [7, 11) is 15.1. The van der Waals surface area contributed by atoms with E-state index >= 15 is 0 Å². The number of rotatable bonds is 34. The summed E-state index contributed by atoms with van der Waals surface area (Å²) in [5.74, 6) is 0.570. The number of hydrogen-bond acceptors (Lipinski definition) is 19. The number of aldehydes is 2. The minimum atomic E-state index is -0.887. The van der Waals surface area contributed by atoms with Gasteiger partial charge in [0.25, 0.3) is 0 Å². The molecule has 138 heavy (non-hydrogen) atoms. The van der Waals surface area contributed by atoms with Crippen LogP contribution in [0.15, 0.2) is 207 Å². The second-order valence-corrected chi connectivity index (χ2v) is 39.3. The quantitative estimate of drug-likeness (QED) is 0.0316. The Hall–Kier alpha value is -11.4. The van der Waals surface area contributed by atoms with Crippen LogP contribution >= 0.6 is 46.4 Å². The van der Waals surface area contributed by atoms with Crippen molar-refractivity contribution in [2.75, 3.05) is 88.3 Å². The minimum absolute atomic E-state index is 0. The maximum atomic E-state index is 14.9. The molecule has 26 nitrogen and oxygen atoms in total. The smallest absolute Gasteiger partial charge is 0.408 e. The number of carbonyl (C=O) groups is 9. The number of imidazole rings is 2. The highest BCUT2D eigenvalue weighted by atomic mass is 35.5. The maximum absolute atomic E-state index is 14.9. The zero-order chi connectivity index (χ0) is 98.7. The van der Waals surface area contributed by atoms with Gasteiger partial charge in [-0.3, -0.25) is 38.5 Å². The number of fused-ring (bicyclic) bond motifs is 2. The molecule has 2 aromatic heterocycles. The van der Waals surface area contributed by atoms with Crippen molar-refractivity contribution in [3.63, 3.8) is 0 Å². The summed E-state index contributed by atoms with van der Waals surface area (Å²) in [6, 6.07) is 59.2. The Labute approximate surface area is 832 Å². The fourth-order valence-electron chi connectivity index (χ4n) is 17.7. The number of ether oxygens (including phenoxy) is 5. The van der Waals surface area contributed by atoms with Gasteiger partial charge in [0.05, 0.1) is 90.6 Å². The summed E-state index contributed by atoms with van der Waals surface area (Å²) in [5.41, 5.74) is 7.00. The molecule has 2 bridgehead atoms. The Morgan fingerprint density at radius 1 is 0.623 bits per heavy atom. The van der Waals surface area contributed by atoms with E-state index in [0.717, 1.165) is 94.1 Å². The third-order valence-corrected chi connectivity index (χ3v) is 25.9. The van der Waals surface area contributed by atoms with Crippen LogP contribution in [0.2, 0.25) is 20.1 Å². The second-order valence-electron chi connectivity index (χ2n) is 37.5. The highest BCUT2D eigenvalue weighted by Crippen LogP contribution is 2.38. The van der Waals surface area contributed by atoms with Crippen molar-refractivity contribution in [3.8, 4) is 45.5 Å². The van der Waals surface area contributed by atoms with Crippen molar-refractivity contribution in [1.29, 1.82) is 0 Å². The van der Waals surface area contributed by atoms with Crippen LogP contribution in [0.1, 0.15) is 143 Å². The highest BCUT2D eigenvalue weighted by molar-refractivity contribution is 6.31. The number of nitrogens with zero attached hydrogens (tertiary/aromatic N) is 9. The van der Waals surface area contributed by atoms with E-state index in [-0.39, 0.29) is 87.6 Å². The van der Waals surface area contributed by atoms with E-state index < -0.39 is 52.6 Å². The fourth-order valence-corrected chi connectivity index (χ4v) is 18.3. The lowest BCUT2D eigenvalue weighted by Crippen LogP contribution is -2.62. The van der Waals surface area contributed by atoms with Crippen LogP contribution in [0.4, 0.5) is 4.79 Å². The lowest BCUT2D eigenvalue weighted by molar-refractivity contribution is -0.141. The standard InChI is InChI=1S/C51H60Cl2N6O5.C36H48ClN3O7.C20H20ClN3O2.CH4/c1-35-46(60)27-41(33-63-5)49(61)55-51(29-37-12-17-42(52)18-13-37)23-9-24-59(34-51)50(62)39(26-36-10-7-6-8-11-36)22-25-58(35)31-40-14-19-43(53)28-47(40)64-44-20-15-38(16-21-44)45-30-54-48(57(45)4)32-56(2)3;1-25(38-34(45)47-35(2,3)4)31(42)21-29(23-46-5)32(43)39-36(22-27-12-14-30(37)15-13-27)17-9-18-40(24-36)33(44)28(16-19-41)20-26-10-7-6-8-11-26;1-23(2)12-20-22-11-18(24(20)3)14-5-8-17(9-6-14)26-19-10-16(21)7-4-15(19)13-25;/h6-8,10-21,28,30,35,39,41H,9,22-27,29,31-34H2,1-5H3,(H,55,61);6-8,10-15,19,25,28-29H,9,16-18,20-24H2,1-5H3,(H,38,45)(H,39,43);4-11,13H,12H2,1-3H3;1H4/t35-,39-,41-,51+;25-,28-,29-,36+;;/m00../s1. The van der Waals surface area contributed by atoms with Crippen molar-refractivity contribution < 1.29 is 66.8 Å². The number of carbonyl (C=O) groups excluding carboxylic acids is 9. The van der Waals surface area contributed by atoms with E-state index in [4.69, 9.17) is 70.1 Å². The van der Waals surface area contributed by atoms with Crippen molar-refractivity contribution >= 4 is 100 Å². The molecule has 0 saturated carbocycles. The monoisotopic (exact) mass is 1960 g/mol. The molecule has 3 saturated heterocycles. The predicted molar refractivity (Wildman–Crippen MR) is 542 cm³/mol. The van der Waals surface area contributed by atoms with Crippen molar-refractivity contribution in [2.45, 2.75) is 167 Å². The van der Waals surface area contributed by atoms with E-state index in [0.29, 0.717) is 133 Å². The van der Waals surface area contributed by atoms with Gasteiger partial charge in [-0.05, 0) is 246 Å². The molecule has 0 unspecified atom stereocenters. The number of nitrogens with one attached hydrogen (secondary N) is 3. The van der Waals surface area contributed by atoms with Crippen LogP contribution in [-0.2, 0) is 107 Å². The average molecular weight is 1960 g/mol. The number of benzene rings is 8. The van der Waals surface area contributed by atoms with E-state index in [2.05, 4.69) is 61.9 Å². The number of aromatic nitrogens is 4. The van der Waals surface area contributed by atoms with Gasteiger partial charge < -0.3 is 73.2 Å². The van der Waals surface area contributed by atoms with Crippen molar-refractivity contribution in [3.05, 3.63) is 272 Å². The van der Waals surface area contributed by atoms with E-state index in [9.17, 15) is 43.2 Å². The first-order valence-corrected chi connectivity index (χ1v) is 47.9. The lowest BCUT2D eigenvalue weighted by atomic mass is 9.81. The maximum Gasteiger partial charge on any atom is 0.408 e. The zero-order valence-corrected chi connectivity index (χ0v) is 83.6. The first-order valence-electron chi connectivity index (χ1n) is 46.4. The van der Waals surface area contributed by atoms with Crippen LogP contribution < -0.4 is 25.4 Å². The van der Waals surface area contributed by atoms with E-state index in [1.165, 1.54) is 7.11 Å². The minimum Gasteiger partial charge on any atom is -0.457 e. The number of ketones is 2. The lowest BCUT2D eigenvalue weighted by Gasteiger charge is -2.45. The van der Waals surface area contributed by atoms with Gasteiger partial charge in [-0.1, -0.05) is 145 Å². The molecule has 0 spiro atoms. The Bertz CT molecular complexity index is 5710. The molecule has 0 radical (unpaired) electrons. The largest absolute Gasteiger partial charge is 0.457 e. The van der Waals surface area contributed by atoms with Crippen LogP contribution in [0, 0.1) is 23.7 Å². The Morgan fingerprint density at radius 2 is 1.17 bits per heavy atom. The topological polar surface area (TPSA) is 288 Å².